The molecule has 5 heteroatoms. The molecule has 0 fully saturated rings. The number of hydrogen-bond acceptors (Lipinski definition) is 3. The van der Waals surface area contributed by atoms with Crippen LogP contribution in [-0.2, 0) is 24.3 Å². The van der Waals surface area contributed by atoms with Crippen molar-refractivity contribution >= 4 is 22.6 Å². The van der Waals surface area contributed by atoms with Gasteiger partial charge >= 0.3 is 0 Å². The molecule has 0 aliphatic heterocycles. The zero-order valence-corrected chi connectivity index (χ0v) is 16.6. The van der Waals surface area contributed by atoms with Crippen molar-refractivity contribution in [3.05, 3.63) is 59.4 Å². The molecule has 0 saturated carbocycles. The maximum absolute atomic E-state index is 12.4. The molecule has 0 unspecified atom stereocenters. The molecule has 1 heterocycles. The maximum atomic E-state index is 12.4. The molecule has 2 aromatic carbocycles. The van der Waals surface area contributed by atoms with Crippen molar-refractivity contribution in [3.63, 3.8) is 0 Å². The summed E-state index contributed by atoms with van der Waals surface area (Å²) >= 11 is 0. The van der Waals surface area contributed by atoms with E-state index < -0.39 is 0 Å². The topological polar surface area (TPSA) is 50.2 Å². The first-order chi connectivity index (χ1) is 13.0. The molecular formula is C22H28N4O. The Bertz CT molecular complexity index is 927. The summed E-state index contributed by atoms with van der Waals surface area (Å²) in [6, 6.07) is 14.3. The summed E-state index contributed by atoms with van der Waals surface area (Å²) in [5, 5.41) is 2.99. The van der Waals surface area contributed by atoms with Crippen LogP contribution >= 0.6 is 0 Å². The molecule has 27 heavy (non-hydrogen) atoms. The number of carbonyl (C=O) groups excluding carboxylic acids is 1. The standard InChI is InChI=1S/C22H28N4O/c1-5-21-24-19-13-18(11-12-20(19)26(21)6-2)23-22(27)15-25(4)14-17-9-7-16(3)8-10-17/h7-13H,5-6,14-15H2,1-4H3,(H,23,27). The normalized spacial score (nSPS) is 11.3. The fourth-order valence-corrected chi connectivity index (χ4v) is 3.39. The van der Waals surface area contributed by atoms with E-state index in [9.17, 15) is 4.79 Å². The quantitative estimate of drug-likeness (QED) is 0.689. The molecule has 0 saturated heterocycles. The Morgan fingerprint density at radius 3 is 2.56 bits per heavy atom. The maximum Gasteiger partial charge on any atom is 0.238 e. The molecule has 0 bridgehead atoms. The summed E-state index contributed by atoms with van der Waals surface area (Å²) < 4.78 is 2.22. The van der Waals surface area contributed by atoms with E-state index in [0.717, 1.165) is 42.1 Å². The molecule has 3 aromatic rings. The van der Waals surface area contributed by atoms with Crippen LogP contribution in [0.3, 0.4) is 0 Å². The van der Waals surface area contributed by atoms with Crippen molar-refractivity contribution in [3.8, 4) is 0 Å². The highest BCUT2D eigenvalue weighted by Gasteiger charge is 2.11. The fourth-order valence-electron chi connectivity index (χ4n) is 3.39. The zero-order valence-electron chi connectivity index (χ0n) is 16.6. The van der Waals surface area contributed by atoms with Gasteiger partial charge in [0, 0.05) is 25.2 Å². The highest BCUT2D eigenvalue weighted by Crippen LogP contribution is 2.21. The molecule has 1 N–H and O–H groups in total. The minimum Gasteiger partial charge on any atom is -0.328 e. The summed E-state index contributed by atoms with van der Waals surface area (Å²) in [5.41, 5.74) is 5.28. The van der Waals surface area contributed by atoms with Crippen LogP contribution in [0.1, 0.15) is 30.8 Å². The Balaban J connectivity index is 1.64. The van der Waals surface area contributed by atoms with Gasteiger partial charge in [0.2, 0.25) is 5.91 Å². The van der Waals surface area contributed by atoms with Crippen LogP contribution in [0.25, 0.3) is 11.0 Å². The first kappa shape index (κ1) is 19.1. The molecule has 5 nitrogen and oxygen atoms in total. The molecule has 142 valence electrons. The first-order valence-corrected chi connectivity index (χ1v) is 9.53. The predicted molar refractivity (Wildman–Crippen MR) is 111 cm³/mol. The first-order valence-electron chi connectivity index (χ1n) is 9.53. The van der Waals surface area contributed by atoms with Gasteiger partial charge < -0.3 is 9.88 Å². The van der Waals surface area contributed by atoms with Gasteiger partial charge in [0.05, 0.1) is 17.6 Å². The number of fused-ring (bicyclic) bond motifs is 1. The van der Waals surface area contributed by atoms with Gasteiger partial charge in [-0.1, -0.05) is 36.8 Å². The van der Waals surface area contributed by atoms with Crippen molar-refractivity contribution in [2.45, 2.75) is 40.3 Å². The van der Waals surface area contributed by atoms with E-state index in [1.165, 1.54) is 11.1 Å². The molecule has 0 aliphatic carbocycles. The minimum atomic E-state index is -0.0189. The highest BCUT2D eigenvalue weighted by molar-refractivity contribution is 5.94. The van der Waals surface area contributed by atoms with E-state index in [1.54, 1.807) is 0 Å². The van der Waals surface area contributed by atoms with Crippen LogP contribution < -0.4 is 5.32 Å². The average Bonchev–Trinajstić information content (AvgIpc) is 3.00. The lowest BCUT2D eigenvalue weighted by Crippen LogP contribution is -2.29. The van der Waals surface area contributed by atoms with Gasteiger partial charge in [-0.2, -0.15) is 0 Å². The van der Waals surface area contributed by atoms with E-state index in [-0.39, 0.29) is 5.91 Å². The number of anilines is 1. The van der Waals surface area contributed by atoms with Crippen molar-refractivity contribution in [2.24, 2.45) is 0 Å². The number of benzene rings is 2. The third-order valence-electron chi connectivity index (χ3n) is 4.73. The molecule has 1 aromatic heterocycles. The SMILES string of the molecule is CCc1nc2cc(NC(=O)CN(C)Cc3ccc(C)cc3)ccc2n1CC. The largest absolute Gasteiger partial charge is 0.328 e. The molecule has 0 spiro atoms. The lowest BCUT2D eigenvalue weighted by molar-refractivity contribution is -0.117. The van der Waals surface area contributed by atoms with Crippen LogP contribution in [0, 0.1) is 6.92 Å². The van der Waals surface area contributed by atoms with E-state index in [2.05, 4.69) is 54.9 Å². The van der Waals surface area contributed by atoms with Gasteiger partial charge in [0.1, 0.15) is 5.82 Å². The number of likely N-dealkylation sites (N-methyl/N-ethyl adjacent to an activating group) is 1. The molecular weight excluding hydrogens is 336 g/mol. The average molecular weight is 364 g/mol. The summed E-state index contributed by atoms with van der Waals surface area (Å²) in [4.78, 5) is 19.1. The number of aromatic nitrogens is 2. The molecule has 3 rings (SSSR count). The number of hydrogen-bond donors (Lipinski definition) is 1. The third kappa shape index (κ3) is 4.55. The number of imidazole rings is 1. The van der Waals surface area contributed by atoms with E-state index in [1.807, 2.05) is 30.1 Å². The second kappa shape index (κ2) is 8.35. The summed E-state index contributed by atoms with van der Waals surface area (Å²) in [6.45, 7) is 8.29. The lowest BCUT2D eigenvalue weighted by Gasteiger charge is -2.16. The Kier molecular flexibility index (Phi) is 5.91. The molecule has 0 atom stereocenters. The number of nitrogens with zero attached hydrogens (tertiary/aromatic N) is 3. The minimum absolute atomic E-state index is 0.0189. The fraction of sp³-hybridized carbons (Fsp3) is 0.364. The van der Waals surface area contributed by atoms with Gasteiger partial charge in [-0.05, 0) is 44.7 Å². The highest BCUT2D eigenvalue weighted by atomic mass is 16.2. The molecule has 1 amide bonds. The second-order valence-electron chi connectivity index (χ2n) is 7.04. The Morgan fingerprint density at radius 2 is 1.89 bits per heavy atom. The third-order valence-corrected chi connectivity index (χ3v) is 4.73. The van der Waals surface area contributed by atoms with Crippen LogP contribution in [0.5, 0.6) is 0 Å². The van der Waals surface area contributed by atoms with Crippen LogP contribution in [0.15, 0.2) is 42.5 Å². The number of amides is 1. The predicted octanol–water partition coefficient (Wildman–Crippen LogP) is 4.00. The summed E-state index contributed by atoms with van der Waals surface area (Å²) in [7, 11) is 1.96. The Hall–Kier alpha value is -2.66. The van der Waals surface area contributed by atoms with Crippen molar-refractivity contribution in [1.82, 2.24) is 14.5 Å². The van der Waals surface area contributed by atoms with Crippen molar-refractivity contribution < 1.29 is 4.79 Å². The summed E-state index contributed by atoms with van der Waals surface area (Å²) in [5.74, 6) is 1.06. The van der Waals surface area contributed by atoms with Crippen molar-refractivity contribution in [1.29, 1.82) is 0 Å². The number of nitrogens with one attached hydrogen (secondary N) is 1. The van der Waals surface area contributed by atoms with Crippen LogP contribution in [0.2, 0.25) is 0 Å². The number of aryl methyl sites for hydroxylation is 3. The Morgan fingerprint density at radius 1 is 1.15 bits per heavy atom. The van der Waals surface area contributed by atoms with E-state index in [4.69, 9.17) is 4.98 Å². The lowest BCUT2D eigenvalue weighted by atomic mass is 10.1. The number of rotatable bonds is 7. The molecule has 0 radical (unpaired) electrons. The van der Waals surface area contributed by atoms with E-state index in [0.29, 0.717) is 6.54 Å². The number of carbonyl (C=O) groups is 1. The van der Waals surface area contributed by atoms with Crippen molar-refractivity contribution in [2.75, 3.05) is 18.9 Å². The Labute approximate surface area is 161 Å². The monoisotopic (exact) mass is 364 g/mol. The van der Waals surface area contributed by atoms with E-state index >= 15 is 0 Å². The summed E-state index contributed by atoms with van der Waals surface area (Å²) in [6.07, 6.45) is 0.897. The smallest absolute Gasteiger partial charge is 0.238 e. The van der Waals surface area contributed by atoms with Crippen LogP contribution in [0.4, 0.5) is 5.69 Å². The van der Waals surface area contributed by atoms with Gasteiger partial charge in [0.25, 0.3) is 0 Å². The zero-order chi connectivity index (χ0) is 19.4. The van der Waals surface area contributed by atoms with Gasteiger partial charge in [-0.25, -0.2) is 4.98 Å². The van der Waals surface area contributed by atoms with Gasteiger partial charge in [-0.15, -0.1) is 0 Å². The van der Waals surface area contributed by atoms with Gasteiger partial charge in [0.15, 0.2) is 0 Å². The molecule has 0 aliphatic rings. The second-order valence-corrected chi connectivity index (χ2v) is 7.04. The van der Waals surface area contributed by atoms with Crippen LogP contribution in [-0.4, -0.2) is 34.0 Å². The van der Waals surface area contributed by atoms with Gasteiger partial charge in [-0.3, -0.25) is 9.69 Å².